The predicted octanol–water partition coefficient (Wildman–Crippen LogP) is 5.87. The maximum atomic E-state index is 6.22. The molecule has 0 radical (unpaired) electrons. The first-order chi connectivity index (χ1) is 10.7. The molecule has 0 saturated carbocycles. The Morgan fingerprint density at radius 2 is 1.95 bits per heavy atom. The van der Waals surface area contributed by atoms with Crippen LogP contribution in [-0.2, 0) is 0 Å². The van der Waals surface area contributed by atoms with Crippen molar-refractivity contribution < 1.29 is 4.74 Å². The van der Waals surface area contributed by atoms with E-state index in [-0.39, 0.29) is 0 Å². The number of thiazole rings is 1. The molecule has 0 aliphatic heterocycles. The Morgan fingerprint density at radius 1 is 1.14 bits per heavy atom. The standard InChI is InChI=1S/C16H12Cl2N2OS/c1-21-15-5-3-2-4-13(15)19-16-20-14(9-22-16)11-7-6-10(17)8-12(11)18/h2-9H,1H3,(H,19,20). The van der Waals surface area contributed by atoms with Crippen LogP contribution in [0.25, 0.3) is 11.3 Å². The van der Waals surface area contributed by atoms with Gasteiger partial charge in [0.15, 0.2) is 5.13 Å². The van der Waals surface area contributed by atoms with Crippen LogP contribution in [0, 0.1) is 0 Å². The normalized spacial score (nSPS) is 10.5. The molecule has 0 aliphatic carbocycles. The molecule has 1 aromatic heterocycles. The van der Waals surface area contributed by atoms with Gasteiger partial charge >= 0.3 is 0 Å². The highest BCUT2D eigenvalue weighted by Gasteiger charge is 2.10. The van der Waals surface area contributed by atoms with Crippen molar-refractivity contribution in [3.05, 3.63) is 57.9 Å². The summed E-state index contributed by atoms with van der Waals surface area (Å²) in [6, 6.07) is 13.1. The summed E-state index contributed by atoms with van der Waals surface area (Å²) in [5, 5.41) is 7.17. The van der Waals surface area contributed by atoms with Gasteiger partial charge in [-0.15, -0.1) is 11.3 Å². The third kappa shape index (κ3) is 3.19. The fourth-order valence-electron chi connectivity index (χ4n) is 2.02. The molecule has 0 saturated heterocycles. The van der Waals surface area contributed by atoms with Crippen molar-refractivity contribution in [2.75, 3.05) is 12.4 Å². The van der Waals surface area contributed by atoms with Gasteiger partial charge in [-0.1, -0.05) is 35.3 Å². The topological polar surface area (TPSA) is 34.1 Å². The summed E-state index contributed by atoms with van der Waals surface area (Å²) in [6.07, 6.45) is 0. The zero-order valence-electron chi connectivity index (χ0n) is 11.6. The first-order valence-corrected chi connectivity index (χ1v) is 8.12. The quantitative estimate of drug-likeness (QED) is 0.638. The summed E-state index contributed by atoms with van der Waals surface area (Å²) < 4.78 is 5.32. The summed E-state index contributed by atoms with van der Waals surface area (Å²) >= 11 is 13.6. The molecule has 112 valence electrons. The van der Waals surface area contributed by atoms with Crippen LogP contribution in [0.4, 0.5) is 10.8 Å². The molecule has 22 heavy (non-hydrogen) atoms. The number of halogens is 2. The molecule has 2 aromatic carbocycles. The Kier molecular flexibility index (Phi) is 4.52. The fraction of sp³-hybridized carbons (Fsp3) is 0.0625. The monoisotopic (exact) mass is 350 g/mol. The van der Waals surface area contributed by atoms with Crippen LogP contribution >= 0.6 is 34.5 Å². The van der Waals surface area contributed by atoms with Crippen molar-refractivity contribution in [1.29, 1.82) is 0 Å². The van der Waals surface area contributed by atoms with E-state index < -0.39 is 0 Å². The number of anilines is 2. The zero-order chi connectivity index (χ0) is 15.5. The summed E-state index contributed by atoms with van der Waals surface area (Å²) in [5.74, 6) is 0.767. The number of rotatable bonds is 4. The number of para-hydroxylation sites is 2. The maximum Gasteiger partial charge on any atom is 0.187 e. The van der Waals surface area contributed by atoms with Gasteiger partial charge in [0.05, 0.1) is 23.5 Å². The lowest BCUT2D eigenvalue weighted by Gasteiger charge is -2.08. The second-order valence-electron chi connectivity index (χ2n) is 4.49. The molecule has 1 heterocycles. The van der Waals surface area contributed by atoms with E-state index in [2.05, 4.69) is 10.3 Å². The molecule has 0 atom stereocenters. The highest BCUT2D eigenvalue weighted by atomic mass is 35.5. The Morgan fingerprint density at radius 3 is 2.73 bits per heavy atom. The van der Waals surface area contributed by atoms with Crippen LogP contribution in [-0.4, -0.2) is 12.1 Å². The molecule has 0 unspecified atom stereocenters. The van der Waals surface area contributed by atoms with E-state index in [0.717, 1.165) is 27.8 Å². The van der Waals surface area contributed by atoms with Gasteiger partial charge in [-0.05, 0) is 30.3 Å². The molecule has 0 amide bonds. The van der Waals surface area contributed by atoms with Crippen molar-refractivity contribution in [2.24, 2.45) is 0 Å². The van der Waals surface area contributed by atoms with Crippen molar-refractivity contribution in [3.8, 4) is 17.0 Å². The van der Waals surface area contributed by atoms with Gasteiger partial charge in [-0.25, -0.2) is 4.98 Å². The van der Waals surface area contributed by atoms with E-state index in [1.165, 1.54) is 11.3 Å². The molecule has 0 bridgehead atoms. The smallest absolute Gasteiger partial charge is 0.187 e. The van der Waals surface area contributed by atoms with Crippen LogP contribution in [0.3, 0.4) is 0 Å². The Hall–Kier alpha value is -1.75. The average Bonchev–Trinajstić information content (AvgIpc) is 2.96. The van der Waals surface area contributed by atoms with E-state index in [9.17, 15) is 0 Å². The van der Waals surface area contributed by atoms with E-state index >= 15 is 0 Å². The van der Waals surface area contributed by atoms with Crippen LogP contribution in [0.1, 0.15) is 0 Å². The highest BCUT2D eigenvalue weighted by molar-refractivity contribution is 7.14. The van der Waals surface area contributed by atoms with Gasteiger partial charge in [0.25, 0.3) is 0 Å². The lowest BCUT2D eigenvalue weighted by Crippen LogP contribution is -1.93. The van der Waals surface area contributed by atoms with Crippen molar-refractivity contribution in [3.63, 3.8) is 0 Å². The van der Waals surface area contributed by atoms with Crippen LogP contribution in [0.2, 0.25) is 10.0 Å². The van der Waals surface area contributed by atoms with Crippen molar-refractivity contribution >= 4 is 45.4 Å². The fourth-order valence-corrected chi connectivity index (χ4v) is 3.24. The molecule has 0 spiro atoms. The Balaban J connectivity index is 1.88. The lowest BCUT2D eigenvalue weighted by molar-refractivity contribution is 0.417. The van der Waals surface area contributed by atoms with E-state index in [0.29, 0.717) is 10.0 Å². The van der Waals surface area contributed by atoms with E-state index in [4.69, 9.17) is 27.9 Å². The summed E-state index contributed by atoms with van der Waals surface area (Å²) in [5.41, 5.74) is 2.53. The minimum absolute atomic E-state index is 0.585. The number of nitrogens with one attached hydrogen (secondary N) is 1. The third-order valence-electron chi connectivity index (χ3n) is 3.06. The van der Waals surface area contributed by atoms with Crippen LogP contribution in [0.5, 0.6) is 5.75 Å². The summed E-state index contributed by atoms with van der Waals surface area (Å²) in [7, 11) is 1.64. The second-order valence-corrected chi connectivity index (χ2v) is 6.19. The molecule has 3 aromatic rings. The number of ether oxygens (including phenoxy) is 1. The summed E-state index contributed by atoms with van der Waals surface area (Å²) in [6.45, 7) is 0. The summed E-state index contributed by atoms with van der Waals surface area (Å²) in [4.78, 5) is 4.57. The van der Waals surface area contributed by atoms with Gasteiger partial charge in [-0.2, -0.15) is 0 Å². The second kappa shape index (κ2) is 6.57. The molecular formula is C16H12Cl2N2OS. The van der Waals surface area contributed by atoms with Gasteiger partial charge in [0.2, 0.25) is 0 Å². The number of nitrogens with zero attached hydrogens (tertiary/aromatic N) is 1. The van der Waals surface area contributed by atoms with Crippen LogP contribution in [0.15, 0.2) is 47.8 Å². The predicted molar refractivity (Wildman–Crippen MR) is 93.8 cm³/mol. The van der Waals surface area contributed by atoms with Gasteiger partial charge in [0, 0.05) is 16.0 Å². The highest BCUT2D eigenvalue weighted by Crippen LogP contribution is 2.34. The zero-order valence-corrected chi connectivity index (χ0v) is 14.0. The lowest BCUT2D eigenvalue weighted by atomic mass is 10.2. The number of benzene rings is 2. The van der Waals surface area contributed by atoms with Gasteiger partial charge in [0.1, 0.15) is 5.75 Å². The van der Waals surface area contributed by atoms with Crippen LogP contribution < -0.4 is 10.1 Å². The SMILES string of the molecule is COc1ccccc1Nc1nc(-c2ccc(Cl)cc2Cl)cs1. The van der Waals surface area contributed by atoms with Gasteiger partial charge < -0.3 is 10.1 Å². The molecule has 0 fully saturated rings. The molecule has 0 aliphatic rings. The Labute approximate surface area is 142 Å². The first kappa shape index (κ1) is 15.2. The molecule has 3 nitrogen and oxygen atoms in total. The molecule has 1 N–H and O–H groups in total. The number of hydrogen-bond donors (Lipinski definition) is 1. The first-order valence-electron chi connectivity index (χ1n) is 6.48. The average molecular weight is 351 g/mol. The molecule has 3 rings (SSSR count). The molecular weight excluding hydrogens is 339 g/mol. The largest absolute Gasteiger partial charge is 0.495 e. The molecule has 6 heteroatoms. The van der Waals surface area contributed by atoms with Crippen molar-refractivity contribution in [2.45, 2.75) is 0 Å². The Bertz CT molecular complexity index is 804. The number of methoxy groups -OCH3 is 1. The third-order valence-corrected chi connectivity index (χ3v) is 4.37. The van der Waals surface area contributed by atoms with E-state index in [1.807, 2.05) is 35.7 Å². The number of aromatic nitrogens is 1. The van der Waals surface area contributed by atoms with Gasteiger partial charge in [-0.3, -0.25) is 0 Å². The minimum atomic E-state index is 0.585. The maximum absolute atomic E-state index is 6.22. The minimum Gasteiger partial charge on any atom is -0.495 e. The number of hydrogen-bond acceptors (Lipinski definition) is 4. The van der Waals surface area contributed by atoms with E-state index in [1.54, 1.807) is 19.2 Å². The van der Waals surface area contributed by atoms with Crippen molar-refractivity contribution in [1.82, 2.24) is 4.98 Å².